The van der Waals surface area contributed by atoms with Crippen LogP contribution in [0.15, 0.2) is 23.1 Å². The van der Waals surface area contributed by atoms with Crippen molar-refractivity contribution in [1.29, 1.82) is 1.43 Å². The van der Waals surface area contributed by atoms with Crippen LogP contribution in [-0.4, -0.2) is 53.3 Å². The van der Waals surface area contributed by atoms with Crippen LogP contribution < -0.4 is 10.3 Å². The van der Waals surface area contributed by atoms with E-state index in [1.807, 2.05) is 9.47 Å². The van der Waals surface area contributed by atoms with Gasteiger partial charge in [0.25, 0.3) is 1.43 Å². The van der Waals surface area contributed by atoms with Crippen LogP contribution in [0.4, 0.5) is 10.1 Å². The Labute approximate surface area is 151 Å². The van der Waals surface area contributed by atoms with Crippen LogP contribution in [0, 0.1) is 5.82 Å². The summed E-state index contributed by atoms with van der Waals surface area (Å²) in [6.07, 6.45) is 3.33. The Morgan fingerprint density at radius 3 is 2.65 bits per heavy atom. The van der Waals surface area contributed by atoms with E-state index in [1.165, 1.54) is 12.3 Å². The minimum absolute atomic E-state index is 0.151. The molecule has 0 amide bonds. The molecular formula is C19H22FN3O3. The van der Waals surface area contributed by atoms with E-state index in [9.17, 15) is 14.0 Å². The SMILES string of the molecule is [2H]OC(=O)c1cn(C2CC2)c2cc(N3CCN(CC)CC3)c(F)cc2c1=O. The highest BCUT2D eigenvalue weighted by molar-refractivity contribution is 5.93. The molecule has 26 heavy (non-hydrogen) atoms. The lowest BCUT2D eigenvalue weighted by Crippen LogP contribution is -2.46. The molecular weight excluding hydrogens is 337 g/mol. The fraction of sp³-hybridized carbons (Fsp3) is 0.474. The number of carbonyl (C=O) groups is 1. The zero-order valence-corrected chi connectivity index (χ0v) is 14.7. The molecule has 138 valence electrons. The van der Waals surface area contributed by atoms with Crippen LogP contribution in [0.5, 0.6) is 0 Å². The van der Waals surface area contributed by atoms with Crippen LogP contribution in [0.1, 0.15) is 36.2 Å². The molecule has 0 spiro atoms. The van der Waals surface area contributed by atoms with Crippen molar-refractivity contribution in [1.82, 2.24) is 9.47 Å². The number of pyridine rings is 1. The van der Waals surface area contributed by atoms with E-state index < -0.39 is 17.2 Å². The van der Waals surface area contributed by atoms with Crippen LogP contribution in [-0.2, 0) is 0 Å². The molecule has 0 radical (unpaired) electrons. The lowest BCUT2D eigenvalue weighted by atomic mass is 10.1. The van der Waals surface area contributed by atoms with Gasteiger partial charge in [0, 0.05) is 43.8 Å². The van der Waals surface area contributed by atoms with Crippen molar-refractivity contribution in [2.24, 2.45) is 0 Å². The van der Waals surface area contributed by atoms with Crippen LogP contribution in [0.25, 0.3) is 12.3 Å². The van der Waals surface area contributed by atoms with Crippen LogP contribution >= 0.6 is 0 Å². The zero-order valence-electron chi connectivity index (χ0n) is 15.7. The van der Waals surface area contributed by atoms with Crippen molar-refractivity contribution >= 4 is 22.6 Å². The number of benzene rings is 1. The fourth-order valence-electron chi connectivity index (χ4n) is 3.71. The Morgan fingerprint density at radius 2 is 2.04 bits per heavy atom. The van der Waals surface area contributed by atoms with E-state index in [-0.39, 0.29) is 17.0 Å². The number of hydrogen-bond donors (Lipinski definition) is 1. The molecule has 7 heteroatoms. The topological polar surface area (TPSA) is 65.8 Å². The molecule has 1 aliphatic carbocycles. The van der Waals surface area contributed by atoms with Gasteiger partial charge in [0.05, 0.1) is 11.2 Å². The van der Waals surface area contributed by atoms with Crippen LogP contribution in [0.3, 0.4) is 0 Å². The second-order valence-corrected chi connectivity index (χ2v) is 7.04. The second-order valence-electron chi connectivity index (χ2n) is 7.04. The molecule has 6 nitrogen and oxygen atoms in total. The predicted octanol–water partition coefficient (Wildman–Crippen LogP) is 2.32. The van der Waals surface area contributed by atoms with Crippen molar-refractivity contribution in [2.75, 3.05) is 37.6 Å². The first-order valence-electron chi connectivity index (χ1n) is 9.47. The zero-order chi connectivity index (χ0) is 19.1. The number of carboxylic acid groups (broad SMARTS) is 1. The molecule has 1 aliphatic heterocycles. The van der Waals surface area contributed by atoms with Gasteiger partial charge in [-0.25, -0.2) is 9.18 Å². The summed E-state index contributed by atoms with van der Waals surface area (Å²) in [5.74, 6) is -1.49. The number of carboxylic acids is 1. The summed E-state index contributed by atoms with van der Waals surface area (Å²) in [7, 11) is 0. The Kier molecular flexibility index (Phi) is 3.89. The number of halogens is 1. The van der Waals surface area contributed by atoms with Gasteiger partial charge in [0.2, 0.25) is 5.43 Å². The number of fused-ring (bicyclic) bond motifs is 1. The van der Waals surface area contributed by atoms with E-state index in [1.54, 1.807) is 6.07 Å². The number of nitrogens with zero attached hydrogens (tertiary/aromatic N) is 3. The normalized spacial score (nSPS) is 18.8. The fourth-order valence-corrected chi connectivity index (χ4v) is 3.71. The Hall–Kier alpha value is -2.41. The molecule has 4 rings (SSSR count). The first-order valence-corrected chi connectivity index (χ1v) is 9.06. The number of likely N-dealkylation sites (N-methyl/N-ethyl adjacent to an activating group) is 1. The van der Waals surface area contributed by atoms with Gasteiger partial charge in [-0.2, -0.15) is 0 Å². The Bertz CT molecular complexity index is 949. The van der Waals surface area contributed by atoms with Crippen molar-refractivity contribution in [2.45, 2.75) is 25.8 Å². The van der Waals surface area contributed by atoms with Crippen molar-refractivity contribution in [3.63, 3.8) is 0 Å². The standard InChI is InChI=1S/C19H22FN3O3/c1-2-21-5-7-22(8-6-21)17-10-16-13(9-15(17)20)18(24)14(19(25)26)11-23(16)12-3-4-12/h9-12H,2-8H2,1H3,(H,25,26)/i/hD. The molecule has 0 atom stereocenters. The van der Waals surface area contributed by atoms with Gasteiger partial charge < -0.3 is 19.5 Å². The average molecular weight is 360 g/mol. The van der Waals surface area contributed by atoms with Crippen LogP contribution in [0.2, 0.25) is 0 Å². The summed E-state index contributed by atoms with van der Waals surface area (Å²) in [5.41, 5.74) is 0.287. The van der Waals surface area contributed by atoms with E-state index in [4.69, 9.17) is 1.43 Å². The van der Waals surface area contributed by atoms with E-state index in [2.05, 4.69) is 16.9 Å². The van der Waals surface area contributed by atoms with Crippen molar-refractivity contribution in [3.8, 4) is 0 Å². The van der Waals surface area contributed by atoms with Gasteiger partial charge in [-0.05, 0) is 31.5 Å². The quantitative estimate of drug-likeness (QED) is 0.906. The van der Waals surface area contributed by atoms with Gasteiger partial charge >= 0.3 is 5.97 Å². The van der Waals surface area contributed by atoms with Gasteiger partial charge in [-0.15, -0.1) is 0 Å². The smallest absolute Gasteiger partial charge is 0.341 e. The van der Waals surface area contributed by atoms with E-state index in [0.29, 0.717) is 11.2 Å². The molecule has 2 heterocycles. The molecule has 1 aromatic heterocycles. The number of rotatable bonds is 4. The molecule has 1 N–H and O–H groups in total. The Morgan fingerprint density at radius 1 is 1.31 bits per heavy atom. The molecule has 0 bridgehead atoms. The molecule has 1 saturated heterocycles. The maximum Gasteiger partial charge on any atom is 0.341 e. The summed E-state index contributed by atoms with van der Waals surface area (Å²) in [6, 6.07) is 3.13. The highest BCUT2D eigenvalue weighted by Crippen LogP contribution is 2.38. The third kappa shape index (κ3) is 2.86. The molecule has 0 unspecified atom stereocenters. The molecule has 1 aromatic carbocycles. The van der Waals surface area contributed by atoms with E-state index in [0.717, 1.165) is 45.6 Å². The summed E-state index contributed by atoms with van der Waals surface area (Å²) in [4.78, 5) is 28.8. The Balaban J connectivity index is 1.83. The number of piperazine rings is 1. The third-order valence-corrected chi connectivity index (χ3v) is 5.42. The molecule has 2 aromatic rings. The number of hydrogen-bond acceptors (Lipinski definition) is 5. The average Bonchev–Trinajstić information content (AvgIpc) is 3.53. The number of aromatic nitrogens is 1. The van der Waals surface area contributed by atoms with Gasteiger partial charge in [-0.1, -0.05) is 6.92 Å². The minimum Gasteiger partial charge on any atom is -0.477 e. The molecule has 2 fully saturated rings. The summed E-state index contributed by atoms with van der Waals surface area (Å²) >= 11 is 0. The third-order valence-electron chi connectivity index (χ3n) is 5.42. The number of aromatic carboxylic acids is 1. The monoisotopic (exact) mass is 360 g/mol. The van der Waals surface area contributed by atoms with E-state index >= 15 is 0 Å². The maximum absolute atomic E-state index is 14.9. The summed E-state index contributed by atoms with van der Waals surface area (Å²) in [6.45, 7) is 6.29. The molecule has 2 aliphatic rings. The summed E-state index contributed by atoms with van der Waals surface area (Å²) in [5, 5.41) is 4.13. The lowest BCUT2D eigenvalue weighted by molar-refractivity contribution is 0.0695. The minimum atomic E-state index is -1.02. The highest BCUT2D eigenvalue weighted by Gasteiger charge is 2.28. The van der Waals surface area contributed by atoms with Gasteiger partial charge in [0.15, 0.2) is 0 Å². The highest BCUT2D eigenvalue weighted by atomic mass is 19.1. The first-order chi connectivity index (χ1) is 13.0. The van der Waals surface area contributed by atoms with Gasteiger partial charge in [-0.3, -0.25) is 4.79 Å². The maximum atomic E-state index is 14.9. The molecule has 1 saturated carbocycles. The van der Waals surface area contributed by atoms with Gasteiger partial charge in [0.1, 0.15) is 11.4 Å². The van der Waals surface area contributed by atoms with Crippen molar-refractivity contribution < 1.29 is 14.3 Å². The first kappa shape index (κ1) is 15.8. The largest absolute Gasteiger partial charge is 0.477 e. The second kappa shape index (κ2) is 6.39. The lowest BCUT2D eigenvalue weighted by Gasteiger charge is -2.35. The van der Waals surface area contributed by atoms with Crippen molar-refractivity contribution in [3.05, 3.63) is 39.9 Å². The summed E-state index contributed by atoms with van der Waals surface area (Å²) < 4.78 is 23.5. The number of anilines is 1. The predicted molar refractivity (Wildman–Crippen MR) is 97.7 cm³/mol.